The Morgan fingerprint density at radius 1 is 1.40 bits per heavy atom. The molecule has 2 aromatic heterocycles. The van der Waals surface area contributed by atoms with Gasteiger partial charge in [0.2, 0.25) is 0 Å². The Balaban J connectivity index is 2.93. The van der Waals surface area contributed by atoms with Crippen molar-refractivity contribution in [2.75, 3.05) is 0 Å². The van der Waals surface area contributed by atoms with Crippen molar-refractivity contribution in [1.29, 1.82) is 0 Å². The summed E-state index contributed by atoms with van der Waals surface area (Å²) >= 11 is 0. The third-order valence-corrected chi connectivity index (χ3v) is 1.62. The summed E-state index contributed by atoms with van der Waals surface area (Å²) in [4.78, 5) is 4.16. The lowest BCUT2D eigenvalue weighted by molar-refractivity contribution is 1.04. The molecule has 0 atom stereocenters. The monoisotopic (exact) mass is 132 g/mol. The van der Waals surface area contributed by atoms with Crippen LogP contribution in [0.2, 0.25) is 0 Å². The minimum Gasteiger partial charge on any atom is -0.304 e. The molecular weight excluding hydrogens is 124 g/mol. The van der Waals surface area contributed by atoms with Gasteiger partial charge in [-0.15, -0.1) is 0 Å². The number of aryl methyl sites for hydroxylation is 1. The second-order valence-corrected chi connectivity index (χ2v) is 2.30. The first-order chi connectivity index (χ1) is 4.88. The van der Waals surface area contributed by atoms with E-state index < -0.39 is 0 Å². The van der Waals surface area contributed by atoms with E-state index in [1.54, 1.807) is 0 Å². The predicted octanol–water partition coefficient (Wildman–Crippen LogP) is 1.64. The molecule has 0 bridgehead atoms. The first-order valence-electron chi connectivity index (χ1n) is 3.26. The molecule has 2 rings (SSSR count). The first kappa shape index (κ1) is 5.47. The summed E-state index contributed by atoms with van der Waals surface area (Å²) in [6.45, 7) is 1.99. The van der Waals surface area contributed by atoms with E-state index in [0.29, 0.717) is 0 Å². The maximum atomic E-state index is 4.16. The minimum atomic E-state index is 1.04. The molecule has 50 valence electrons. The van der Waals surface area contributed by atoms with Gasteiger partial charge in [-0.2, -0.15) is 0 Å². The number of imidazole rings is 1. The van der Waals surface area contributed by atoms with Gasteiger partial charge in [0, 0.05) is 6.20 Å². The second-order valence-electron chi connectivity index (χ2n) is 2.30. The number of nitrogens with zero attached hydrogens (tertiary/aromatic N) is 2. The fourth-order valence-corrected chi connectivity index (χ4v) is 1.08. The summed E-state index contributed by atoms with van der Waals surface area (Å²) < 4.78 is 2.06. The highest BCUT2D eigenvalue weighted by Crippen LogP contribution is 2.03. The van der Waals surface area contributed by atoms with Gasteiger partial charge in [0.25, 0.3) is 0 Å². The van der Waals surface area contributed by atoms with E-state index in [1.165, 1.54) is 0 Å². The van der Waals surface area contributed by atoms with Crippen LogP contribution in [0.1, 0.15) is 5.82 Å². The zero-order valence-corrected chi connectivity index (χ0v) is 5.78. The Morgan fingerprint density at radius 3 is 3.10 bits per heavy atom. The molecule has 0 spiro atoms. The third kappa shape index (κ3) is 0.620. The quantitative estimate of drug-likeness (QED) is 0.532. The lowest BCUT2D eigenvalue weighted by atomic mass is 10.4. The molecule has 0 fully saturated rings. The number of fused-ring (bicyclic) bond motifs is 1. The van der Waals surface area contributed by atoms with Crippen LogP contribution in [0.4, 0.5) is 0 Å². The van der Waals surface area contributed by atoms with Crippen LogP contribution in [0.25, 0.3) is 5.52 Å². The molecule has 0 saturated carbocycles. The summed E-state index contributed by atoms with van der Waals surface area (Å²) in [6.07, 6.45) is 3.88. The van der Waals surface area contributed by atoms with Crippen LogP contribution in [-0.4, -0.2) is 9.38 Å². The van der Waals surface area contributed by atoms with Crippen LogP contribution < -0.4 is 0 Å². The molecule has 2 nitrogen and oxygen atoms in total. The summed E-state index contributed by atoms with van der Waals surface area (Å²) in [5.74, 6) is 1.04. The number of hydrogen-bond acceptors (Lipinski definition) is 1. The van der Waals surface area contributed by atoms with Crippen molar-refractivity contribution in [2.45, 2.75) is 6.92 Å². The maximum Gasteiger partial charge on any atom is 0.110 e. The van der Waals surface area contributed by atoms with Crippen LogP contribution >= 0.6 is 0 Å². The van der Waals surface area contributed by atoms with E-state index in [1.807, 2.05) is 37.5 Å². The fraction of sp³-hybridized carbons (Fsp3) is 0.125. The second kappa shape index (κ2) is 1.84. The van der Waals surface area contributed by atoms with Crippen molar-refractivity contribution in [3.05, 3.63) is 36.4 Å². The van der Waals surface area contributed by atoms with Gasteiger partial charge in [0.05, 0.1) is 11.7 Å². The minimum absolute atomic E-state index is 1.04. The molecule has 0 amide bonds. The van der Waals surface area contributed by atoms with Crippen LogP contribution in [-0.2, 0) is 0 Å². The average molecular weight is 132 g/mol. The Morgan fingerprint density at radius 2 is 2.30 bits per heavy atom. The summed E-state index contributed by atoms with van der Waals surface area (Å²) in [7, 11) is 0. The SMILES string of the molecule is Cc1ncc2ccccn12. The number of aromatic nitrogens is 2. The zero-order chi connectivity index (χ0) is 6.97. The van der Waals surface area contributed by atoms with E-state index >= 15 is 0 Å². The van der Waals surface area contributed by atoms with Crippen LogP contribution in [0.5, 0.6) is 0 Å². The number of pyridine rings is 1. The van der Waals surface area contributed by atoms with Crippen molar-refractivity contribution in [3.8, 4) is 0 Å². The summed E-state index contributed by atoms with van der Waals surface area (Å²) in [5.41, 5.74) is 1.15. The van der Waals surface area contributed by atoms with E-state index in [4.69, 9.17) is 0 Å². The smallest absolute Gasteiger partial charge is 0.110 e. The van der Waals surface area contributed by atoms with Gasteiger partial charge in [-0.3, -0.25) is 0 Å². The summed E-state index contributed by atoms with van der Waals surface area (Å²) in [6, 6.07) is 6.05. The standard InChI is InChI=1S/C8H8N2/c1-7-9-6-8-4-2-3-5-10(7)8/h2-6H,1H3. The highest BCUT2D eigenvalue weighted by molar-refractivity contribution is 5.45. The fourth-order valence-electron chi connectivity index (χ4n) is 1.08. The molecule has 0 saturated heterocycles. The highest BCUT2D eigenvalue weighted by Gasteiger charge is 1.93. The first-order valence-corrected chi connectivity index (χ1v) is 3.26. The molecule has 0 N–H and O–H groups in total. The van der Waals surface area contributed by atoms with Gasteiger partial charge in [-0.05, 0) is 19.1 Å². The Kier molecular flexibility index (Phi) is 1.01. The van der Waals surface area contributed by atoms with E-state index in [-0.39, 0.29) is 0 Å². The molecule has 10 heavy (non-hydrogen) atoms. The molecule has 2 aromatic rings. The van der Waals surface area contributed by atoms with Crippen molar-refractivity contribution in [1.82, 2.24) is 9.38 Å². The largest absolute Gasteiger partial charge is 0.304 e. The molecule has 2 heterocycles. The van der Waals surface area contributed by atoms with Gasteiger partial charge >= 0.3 is 0 Å². The molecular formula is C8H8N2. The normalized spacial score (nSPS) is 10.5. The van der Waals surface area contributed by atoms with Gasteiger partial charge < -0.3 is 4.40 Å². The third-order valence-electron chi connectivity index (χ3n) is 1.62. The summed E-state index contributed by atoms with van der Waals surface area (Å²) in [5, 5.41) is 0. The van der Waals surface area contributed by atoms with E-state index in [0.717, 1.165) is 11.3 Å². The lowest BCUT2D eigenvalue weighted by Crippen LogP contribution is -1.84. The van der Waals surface area contributed by atoms with Crippen molar-refractivity contribution >= 4 is 5.52 Å². The Labute approximate surface area is 59.1 Å². The van der Waals surface area contributed by atoms with E-state index in [9.17, 15) is 0 Å². The zero-order valence-electron chi connectivity index (χ0n) is 5.78. The Bertz CT molecular complexity index is 349. The predicted molar refractivity (Wildman–Crippen MR) is 39.9 cm³/mol. The number of rotatable bonds is 0. The molecule has 2 heteroatoms. The number of hydrogen-bond donors (Lipinski definition) is 0. The van der Waals surface area contributed by atoms with Crippen LogP contribution in [0, 0.1) is 6.92 Å². The van der Waals surface area contributed by atoms with Crippen LogP contribution in [0.15, 0.2) is 30.6 Å². The highest BCUT2D eigenvalue weighted by atomic mass is 15.0. The molecule has 0 radical (unpaired) electrons. The van der Waals surface area contributed by atoms with Gasteiger partial charge in [-0.25, -0.2) is 4.98 Å². The molecule has 0 aromatic carbocycles. The van der Waals surface area contributed by atoms with Crippen molar-refractivity contribution in [2.24, 2.45) is 0 Å². The molecule has 0 aliphatic rings. The average Bonchev–Trinajstić information content (AvgIpc) is 2.34. The molecule has 0 aliphatic heterocycles. The van der Waals surface area contributed by atoms with Gasteiger partial charge in [-0.1, -0.05) is 6.07 Å². The van der Waals surface area contributed by atoms with Gasteiger partial charge in [0.15, 0.2) is 0 Å². The lowest BCUT2D eigenvalue weighted by Gasteiger charge is -1.91. The Hall–Kier alpha value is -1.31. The molecule has 0 unspecified atom stereocenters. The van der Waals surface area contributed by atoms with Crippen molar-refractivity contribution < 1.29 is 0 Å². The topological polar surface area (TPSA) is 17.3 Å². The maximum absolute atomic E-state index is 4.16. The van der Waals surface area contributed by atoms with Gasteiger partial charge in [0.1, 0.15) is 5.82 Å². The van der Waals surface area contributed by atoms with E-state index in [2.05, 4.69) is 9.38 Å². The van der Waals surface area contributed by atoms with Crippen LogP contribution in [0.3, 0.4) is 0 Å². The van der Waals surface area contributed by atoms with Crippen molar-refractivity contribution in [3.63, 3.8) is 0 Å². The molecule has 0 aliphatic carbocycles.